The van der Waals surface area contributed by atoms with Crippen molar-refractivity contribution in [3.8, 4) is 50.6 Å². The Bertz CT molecular complexity index is 1910. The van der Waals surface area contributed by atoms with Crippen LogP contribution in [0, 0.1) is 0 Å². The molecule has 49 heavy (non-hydrogen) atoms. The van der Waals surface area contributed by atoms with E-state index in [2.05, 4.69) is 14.2 Å². The molecule has 4 rings (SSSR count). The zero-order valence-corrected chi connectivity index (χ0v) is 24.4. The largest absolute Gasteiger partial charge is 0.491 e. The first-order chi connectivity index (χ1) is 22.5. The van der Waals surface area contributed by atoms with E-state index in [0.717, 1.165) is 84.9 Å². The molecule has 0 aliphatic carbocycles. The number of benzene rings is 4. The second-order valence-corrected chi connectivity index (χ2v) is 11.0. The van der Waals surface area contributed by atoms with E-state index in [1.807, 2.05) is 0 Å². The maximum atomic E-state index is 12.8. The van der Waals surface area contributed by atoms with Crippen molar-refractivity contribution in [2.24, 2.45) is 0 Å². The van der Waals surface area contributed by atoms with Gasteiger partial charge in [0.2, 0.25) is 0 Å². The van der Waals surface area contributed by atoms with Crippen LogP contribution in [0.3, 0.4) is 0 Å². The molecule has 0 saturated carbocycles. The molecule has 0 amide bonds. The first kappa shape index (κ1) is 36.4. The first-order valence-corrected chi connectivity index (χ1v) is 14.3. The average molecular weight is 722 g/mol. The maximum absolute atomic E-state index is 12.8. The fourth-order valence-corrected chi connectivity index (χ4v) is 5.03. The second-order valence-electron chi connectivity index (χ2n) is 9.61. The van der Waals surface area contributed by atoms with E-state index in [9.17, 15) is 66.9 Å². The van der Waals surface area contributed by atoms with E-state index in [-0.39, 0.29) is 33.4 Å². The van der Waals surface area contributed by atoms with Gasteiger partial charge in [0.1, 0.15) is 22.1 Å². The Balaban J connectivity index is 1.88. The maximum Gasteiger partial charge on any atom is 0.491 e. The van der Waals surface area contributed by atoms with Crippen LogP contribution in [0.5, 0.6) is 17.2 Å². The number of hydrogen-bond donors (Lipinski definition) is 1. The standard InChI is InChI=1S/C30H15F9O9S/c31-28(32,33)25(40)46-19-7-1-15(2-8-19)18-13-22(16-3-9-20(10-4-16)47-26(41)29(34,35)36)24(49(43,44)45)23(14-18)17-5-11-21(12-6-17)48-27(42)30(37,38)39/h1-14H,(H,43,44,45). The van der Waals surface area contributed by atoms with Gasteiger partial charge >= 0.3 is 36.4 Å². The average Bonchev–Trinajstić information content (AvgIpc) is 2.99. The molecule has 4 aromatic rings. The minimum atomic E-state index is -5.35. The minimum Gasteiger partial charge on any atom is -0.420 e. The summed E-state index contributed by atoms with van der Waals surface area (Å²) in [5.74, 6) is -9.38. The first-order valence-electron chi connectivity index (χ1n) is 12.9. The van der Waals surface area contributed by atoms with E-state index in [4.69, 9.17) is 0 Å². The predicted octanol–water partition coefficient (Wildman–Crippen LogP) is 7.34. The van der Waals surface area contributed by atoms with Crippen molar-refractivity contribution in [3.63, 3.8) is 0 Å². The highest BCUT2D eigenvalue weighted by Gasteiger charge is 2.43. The van der Waals surface area contributed by atoms with Gasteiger partial charge in [-0.05, 0) is 70.8 Å². The van der Waals surface area contributed by atoms with Crippen LogP contribution in [0.4, 0.5) is 39.5 Å². The molecule has 0 heterocycles. The number of carbonyl (C=O) groups excluding carboxylic acids is 3. The number of alkyl halides is 9. The normalized spacial score (nSPS) is 12.3. The molecular weight excluding hydrogens is 707 g/mol. The lowest BCUT2D eigenvalue weighted by atomic mass is 9.93. The Morgan fingerprint density at radius 3 is 0.980 bits per heavy atom. The summed E-state index contributed by atoms with van der Waals surface area (Å²) in [6.07, 6.45) is -16.0. The van der Waals surface area contributed by atoms with Crippen LogP contribution in [0.15, 0.2) is 89.8 Å². The molecule has 4 aromatic carbocycles. The van der Waals surface area contributed by atoms with Crippen LogP contribution in [-0.2, 0) is 24.5 Å². The summed E-state index contributed by atoms with van der Waals surface area (Å²) in [6.45, 7) is 0. The van der Waals surface area contributed by atoms with Gasteiger partial charge in [-0.1, -0.05) is 36.4 Å². The van der Waals surface area contributed by atoms with Gasteiger partial charge in [-0.15, -0.1) is 0 Å². The van der Waals surface area contributed by atoms with E-state index < -0.39 is 68.7 Å². The van der Waals surface area contributed by atoms with Crippen LogP contribution < -0.4 is 14.2 Å². The molecule has 0 bridgehead atoms. The molecule has 0 aliphatic heterocycles. The van der Waals surface area contributed by atoms with Gasteiger partial charge in [0.25, 0.3) is 10.1 Å². The highest BCUT2D eigenvalue weighted by atomic mass is 32.2. The SMILES string of the molecule is O=C(Oc1ccc(-c2cc(-c3ccc(OC(=O)C(F)(F)F)cc3)c(S(=O)(=O)O)c(-c3ccc(OC(=O)C(F)(F)F)cc3)c2)cc1)C(F)(F)F. The van der Waals surface area contributed by atoms with Gasteiger partial charge in [0, 0.05) is 11.1 Å². The van der Waals surface area contributed by atoms with Crippen molar-refractivity contribution in [3.05, 3.63) is 84.9 Å². The fourth-order valence-electron chi connectivity index (χ4n) is 4.12. The fraction of sp³-hybridized carbons (Fsp3) is 0.100. The summed E-state index contributed by atoms with van der Waals surface area (Å²) in [5.41, 5.74) is -0.649. The third kappa shape index (κ3) is 8.93. The van der Waals surface area contributed by atoms with Crippen LogP contribution >= 0.6 is 0 Å². The van der Waals surface area contributed by atoms with E-state index in [1.165, 1.54) is 0 Å². The van der Waals surface area contributed by atoms with Gasteiger partial charge in [-0.3, -0.25) is 4.55 Å². The molecule has 0 radical (unpaired) electrons. The predicted molar refractivity (Wildman–Crippen MR) is 148 cm³/mol. The van der Waals surface area contributed by atoms with Crippen LogP contribution in [-0.4, -0.2) is 49.4 Å². The molecule has 9 nitrogen and oxygen atoms in total. The molecule has 0 atom stereocenters. The minimum absolute atomic E-state index is 0.0752. The van der Waals surface area contributed by atoms with E-state index in [1.54, 1.807) is 0 Å². The lowest BCUT2D eigenvalue weighted by molar-refractivity contribution is -0.189. The van der Waals surface area contributed by atoms with Crippen molar-refractivity contribution in [1.29, 1.82) is 0 Å². The summed E-state index contributed by atoms with van der Waals surface area (Å²) in [6, 6.07) is 14.1. The number of halogens is 9. The quantitative estimate of drug-likeness (QED) is 0.0901. The van der Waals surface area contributed by atoms with Gasteiger partial charge in [0.15, 0.2) is 0 Å². The molecule has 0 unspecified atom stereocenters. The molecule has 258 valence electrons. The zero-order chi connectivity index (χ0) is 36.5. The molecule has 0 aliphatic rings. The number of carbonyl (C=O) groups is 3. The molecule has 0 fully saturated rings. The van der Waals surface area contributed by atoms with Crippen LogP contribution in [0.25, 0.3) is 33.4 Å². The Labute approximate surface area is 268 Å². The zero-order valence-electron chi connectivity index (χ0n) is 23.6. The lowest BCUT2D eigenvalue weighted by Gasteiger charge is -2.17. The Morgan fingerprint density at radius 1 is 0.469 bits per heavy atom. The van der Waals surface area contributed by atoms with E-state index >= 15 is 0 Å². The molecule has 0 spiro atoms. The van der Waals surface area contributed by atoms with Crippen molar-refractivity contribution < 1.29 is 81.1 Å². The van der Waals surface area contributed by atoms with Crippen LogP contribution in [0.2, 0.25) is 0 Å². The highest BCUT2D eigenvalue weighted by molar-refractivity contribution is 7.86. The Morgan fingerprint density at radius 2 is 0.735 bits per heavy atom. The smallest absolute Gasteiger partial charge is 0.420 e. The number of esters is 3. The van der Waals surface area contributed by atoms with Crippen LogP contribution in [0.1, 0.15) is 0 Å². The van der Waals surface area contributed by atoms with Crippen molar-refractivity contribution in [1.82, 2.24) is 0 Å². The third-order valence-electron chi connectivity index (χ3n) is 6.19. The molecular formula is C30H15F9O9S. The van der Waals surface area contributed by atoms with E-state index in [0.29, 0.717) is 0 Å². The summed E-state index contributed by atoms with van der Waals surface area (Å²) in [7, 11) is -5.22. The molecule has 1 N–H and O–H groups in total. The summed E-state index contributed by atoms with van der Waals surface area (Å²) in [4.78, 5) is 32.8. The van der Waals surface area contributed by atoms with Crippen molar-refractivity contribution in [2.75, 3.05) is 0 Å². The number of ether oxygens (including phenoxy) is 3. The lowest BCUT2D eigenvalue weighted by Crippen LogP contribution is -2.27. The summed E-state index contributed by atoms with van der Waals surface area (Å²) >= 11 is 0. The topological polar surface area (TPSA) is 133 Å². The number of rotatable bonds is 7. The number of hydrogen-bond acceptors (Lipinski definition) is 8. The third-order valence-corrected chi connectivity index (χ3v) is 7.15. The summed E-state index contributed by atoms with van der Waals surface area (Å²) in [5, 5.41) is 0. The molecule has 19 heteroatoms. The molecule has 0 saturated heterocycles. The molecule has 0 aromatic heterocycles. The summed E-state index contributed by atoms with van der Waals surface area (Å²) < 4.78 is 162. The monoisotopic (exact) mass is 722 g/mol. The van der Waals surface area contributed by atoms with Gasteiger partial charge in [0.05, 0.1) is 0 Å². The van der Waals surface area contributed by atoms with Crippen molar-refractivity contribution >= 4 is 28.0 Å². The highest BCUT2D eigenvalue weighted by Crippen LogP contribution is 2.41. The van der Waals surface area contributed by atoms with Gasteiger partial charge in [-0.2, -0.15) is 47.9 Å². The Kier molecular flexibility index (Phi) is 9.83. The van der Waals surface area contributed by atoms with Gasteiger partial charge < -0.3 is 14.2 Å². The van der Waals surface area contributed by atoms with Gasteiger partial charge in [-0.25, -0.2) is 14.4 Å². The second kappa shape index (κ2) is 13.2. The Hall–Kier alpha value is -5.43. The van der Waals surface area contributed by atoms with Crippen molar-refractivity contribution in [2.45, 2.75) is 23.4 Å².